The van der Waals surface area contributed by atoms with E-state index in [9.17, 15) is 4.79 Å². The summed E-state index contributed by atoms with van der Waals surface area (Å²) in [5.74, 6) is 0. The van der Waals surface area contributed by atoms with Gasteiger partial charge >= 0.3 is 0 Å². The zero-order valence-electron chi connectivity index (χ0n) is 5.48. The summed E-state index contributed by atoms with van der Waals surface area (Å²) in [6.07, 6.45) is 1.32. The van der Waals surface area contributed by atoms with E-state index in [4.69, 9.17) is 1.37 Å². The van der Waals surface area contributed by atoms with Crippen LogP contribution in [-0.4, -0.2) is 13.0 Å². The fourth-order valence-electron chi connectivity index (χ4n) is 0.287. The Morgan fingerprint density at radius 1 is 2.00 bits per heavy atom. The Kier molecular flexibility index (Phi) is 3.61. The second kappa shape index (κ2) is 5.47. The quantitative estimate of drug-likeness (QED) is 0.408. The molecule has 0 aliphatic carbocycles. The topological polar surface area (TPSA) is 29.1 Å². The molecular formula is C5H11NO. The molecule has 0 rings (SSSR count). The van der Waals surface area contributed by atoms with Crippen molar-refractivity contribution in [3.8, 4) is 0 Å². The molecule has 0 aromatic carbocycles. The Hall–Kier alpha value is -0.530. The highest BCUT2D eigenvalue weighted by atomic mass is 16.1. The Bertz CT molecular complexity index is 65.4. The van der Waals surface area contributed by atoms with E-state index in [1.807, 2.05) is 0 Å². The lowest BCUT2D eigenvalue weighted by Gasteiger charge is -1.90. The lowest BCUT2D eigenvalue weighted by Crippen LogP contribution is -2.11. The van der Waals surface area contributed by atoms with E-state index in [0.717, 1.165) is 6.42 Å². The standard InChI is InChI=1S/C5H11NO/c1-2-3-4-6-5-7/h5H,2-4H2,1H3,(H,6,7)/i2T. The molecule has 1 unspecified atom stereocenters. The maximum atomic E-state index is 9.61. The van der Waals surface area contributed by atoms with Crippen molar-refractivity contribution in [2.75, 3.05) is 6.54 Å². The molecule has 0 saturated heterocycles. The van der Waals surface area contributed by atoms with Gasteiger partial charge < -0.3 is 5.32 Å². The first-order valence-electron chi connectivity index (χ1n) is 2.94. The lowest BCUT2D eigenvalue weighted by molar-refractivity contribution is -0.109. The van der Waals surface area contributed by atoms with Gasteiger partial charge in [0, 0.05) is 7.92 Å². The van der Waals surface area contributed by atoms with Crippen LogP contribution >= 0.6 is 0 Å². The van der Waals surface area contributed by atoms with Gasteiger partial charge in [0.05, 0.1) is 0 Å². The second-order valence-corrected chi connectivity index (χ2v) is 1.27. The number of rotatable bonds is 4. The van der Waals surface area contributed by atoms with Crippen molar-refractivity contribution in [3.63, 3.8) is 0 Å². The largest absolute Gasteiger partial charge is 0.359 e. The summed E-state index contributed by atoms with van der Waals surface area (Å²) in [4.78, 5) is 9.61. The lowest BCUT2D eigenvalue weighted by atomic mass is 10.3. The maximum absolute atomic E-state index is 9.61. The van der Waals surface area contributed by atoms with Gasteiger partial charge in [-0.3, -0.25) is 4.79 Å². The average molecular weight is 103 g/mol. The van der Waals surface area contributed by atoms with Gasteiger partial charge in [-0.05, 0) is 6.42 Å². The van der Waals surface area contributed by atoms with Crippen molar-refractivity contribution in [2.24, 2.45) is 0 Å². The monoisotopic (exact) mass is 103 g/mol. The number of hydrogen-bond acceptors (Lipinski definition) is 1. The summed E-state index contributed by atoms with van der Waals surface area (Å²) < 4.78 is 7.00. The number of carbonyl (C=O) groups excluding carboxylic acids is 1. The van der Waals surface area contributed by atoms with Crippen LogP contribution in [0, 0.1) is 0 Å². The number of amides is 1. The van der Waals surface area contributed by atoms with Crippen LogP contribution in [0.15, 0.2) is 0 Å². The van der Waals surface area contributed by atoms with Crippen LogP contribution in [0.5, 0.6) is 0 Å². The number of carbonyl (C=O) groups is 1. The summed E-state index contributed by atoms with van der Waals surface area (Å²) in [6.45, 7) is 2.42. The highest BCUT2D eigenvalue weighted by molar-refractivity contribution is 5.45. The van der Waals surface area contributed by atoms with Gasteiger partial charge in [-0.2, -0.15) is 0 Å². The first kappa shape index (κ1) is 4.62. The molecule has 0 fully saturated rings. The molecular weight excluding hydrogens is 90.1 g/mol. The molecule has 0 saturated carbocycles. The third-order valence-corrected chi connectivity index (χ3v) is 0.661. The van der Waals surface area contributed by atoms with Crippen molar-refractivity contribution in [1.82, 2.24) is 5.32 Å². The Balaban J connectivity index is 2.81. The molecule has 0 aromatic rings. The Labute approximate surface area is 45.3 Å². The maximum Gasteiger partial charge on any atom is 0.207 e. The predicted molar refractivity (Wildman–Crippen MR) is 29.0 cm³/mol. The van der Waals surface area contributed by atoms with Crippen LogP contribution in [0.1, 0.15) is 21.1 Å². The minimum atomic E-state index is -0.0672. The average Bonchev–Trinajstić information content (AvgIpc) is 1.66. The van der Waals surface area contributed by atoms with Crippen molar-refractivity contribution in [2.45, 2.75) is 19.7 Å². The Morgan fingerprint density at radius 3 is 3.14 bits per heavy atom. The first-order valence-corrected chi connectivity index (χ1v) is 2.36. The molecule has 2 nitrogen and oxygen atoms in total. The first-order chi connectivity index (χ1) is 3.77. The minimum absolute atomic E-state index is 0.0672. The van der Waals surface area contributed by atoms with Crippen molar-refractivity contribution < 1.29 is 6.17 Å². The molecule has 2 heteroatoms. The minimum Gasteiger partial charge on any atom is -0.359 e. The van der Waals surface area contributed by atoms with Crippen LogP contribution in [0.25, 0.3) is 0 Å². The molecule has 1 amide bonds. The summed E-state index contributed by atoms with van der Waals surface area (Å²) in [5.41, 5.74) is 0. The van der Waals surface area contributed by atoms with Gasteiger partial charge in [0.15, 0.2) is 0 Å². The van der Waals surface area contributed by atoms with Crippen LogP contribution in [0.3, 0.4) is 0 Å². The third kappa shape index (κ3) is 5.47. The van der Waals surface area contributed by atoms with Crippen molar-refractivity contribution >= 4 is 6.41 Å². The van der Waals surface area contributed by atoms with E-state index in [1.54, 1.807) is 6.92 Å². The molecule has 0 radical (unpaired) electrons. The SMILES string of the molecule is [3H]C(C)CCNC=O. The molecule has 7 heavy (non-hydrogen) atoms. The zero-order chi connectivity index (χ0) is 6.41. The molecule has 42 valence electrons. The van der Waals surface area contributed by atoms with Gasteiger partial charge in [-0.15, -0.1) is 0 Å². The van der Waals surface area contributed by atoms with E-state index in [-0.39, 0.29) is 6.40 Å². The van der Waals surface area contributed by atoms with E-state index in [2.05, 4.69) is 5.32 Å². The summed E-state index contributed by atoms with van der Waals surface area (Å²) >= 11 is 0. The highest BCUT2D eigenvalue weighted by Gasteiger charge is 1.76. The highest BCUT2D eigenvalue weighted by Crippen LogP contribution is 1.79. The molecule has 1 N–H and O–H groups in total. The van der Waals surface area contributed by atoms with E-state index < -0.39 is 0 Å². The summed E-state index contributed by atoms with van der Waals surface area (Å²) in [5, 5.41) is 2.48. The second-order valence-electron chi connectivity index (χ2n) is 1.27. The van der Waals surface area contributed by atoms with Crippen LogP contribution in [-0.2, 0) is 4.79 Å². The van der Waals surface area contributed by atoms with E-state index in [1.165, 1.54) is 0 Å². The van der Waals surface area contributed by atoms with Crippen molar-refractivity contribution in [3.05, 3.63) is 0 Å². The summed E-state index contributed by atoms with van der Waals surface area (Å²) in [7, 11) is 0. The molecule has 0 heterocycles. The molecule has 0 bridgehead atoms. The van der Waals surface area contributed by atoms with Gasteiger partial charge in [0.25, 0.3) is 0 Å². The van der Waals surface area contributed by atoms with Crippen LogP contribution < -0.4 is 5.32 Å². The summed E-state index contributed by atoms with van der Waals surface area (Å²) in [6, 6.07) is 0. The zero-order valence-corrected chi connectivity index (χ0v) is 4.48. The molecule has 1 atom stereocenters. The predicted octanol–water partition coefficient (Wildman–Crippen LogP) is 0.532. The Morgan fingerprint density at radius 2 is 2.71 bits per heavy atom. The van der Waals surface area contributed by atoms with Gasteiger partial charge in [0.2, 0.25) is 6.41 Å². The molecule has 0 aliphatic heterocycles. The molecule has 0 aliphatic rings. The fraction of sp³-hybridized carbons (Fsp3) is 0.800. The van der Waals surface area contributed by atoms with E-state index in [0.29, 0.717) is 13.0 Å². The van der Waals surface area contributed by atoms with Crippen LogP contribution in [0.2, 0.25) is 0 Å². The third-order valence-electron chi connectivity index (χ3n) is 0.661. The van der Waals surface area contributed by atoms with Crippen molar-refractivity contribution in [1.29, 1.82) is 0 Å². The van der Waals surface area contributed by atoms with Gasteiger partial charge in [0.1, 0.15) is 0 Å². The van der Waals surface area contributed by atoms with Gasteiger partial charge in [-0.1, -0.05) is 13.3 Å². The van der Waals surface area contributed by atoms with Crippen LogP contribution in [0.4, 0.5) is 0 Å². The van der Waals surface area contributed by atoms with Gasteiger partial charge in [-0.25, -0.2) is 0 Å². The fourth-order valence-corrected chi connectivity index (χ4v) is 0.287. The normalized spacial score (nSPS) is 14.7. The molecule has 0 spiro atoms. The van der Waals surface area contributed by atoms with E-state index >= 15 is 0 Å². The number of nitrogens with one attached hydrogen (secondary N) is 1. The smallest absolute Gasteiger partial charge is 0.207 e. The molecule has 0 aromatic heterocycles. The number of hydrogen-bond donors (Lipinski definition) is 1.